The van der Waals surface area contributed by atoms with Gasteiger partial charge in [0.2, 0.25) is 0 Å². The number of benzene rings is 1. The topological polar surface area (TPSA) is 27.8 Å². The summed E-state index contributed by atoms with van der Waals surface area (Å²) < 4.78 is 0. The van der Waals surface area contributed by atoms with E-state index in [1.165, 1.54) is 16.7 Å². The summed E-state index contributed by atoms with van der Waals surface area (Å²) in [4.78, 5) is 3.10. The summed E-state index contributed by atoms with van der Waals surface area (Å²) in [7, 11) is 0. The number of aromatic amines is 1. The fraction of sp³-hybridized carbons (Fsp3) is 0.412. The molecule has 0 aliphatic carbocycles. The molecule has 0 aliphatic heterocycles. The second-order valence-electron chi connectivity index (χ2n) is 5.42. The third-order valence-corrected chi connectivity index (χ3v) is 3.60. The first-order chi connectivity index (χ1) is 9.20. The molecule has 0 saturated heterocycles. The van der Waals surface area contributed by atoms with Crippen LogP contribution in [0.15, 0.2) is 42.7 Å². The van der Waals surface area contributed by atoms with Crippen LogP contribution in [-0.2, 0) is 13.0 Å². The molecule has 1 heterocycles. The molecular weight excluding hydrogens is 232 g/mol. The summed E-state index contributed by atoms with van der Waals surface area (Å²) in [6.07, 6.45) is 5.12. The Balaban J connectivity index is 2.06. The van der Waals surface area contributed by atoms with E-state index in [-0.39, 0.29) is 0 Å². The molecule has 0 spiro atoms. The SMILES string of the molecule is CCc1ccc(C(NCc2cc[nH]c2)C(C)C)cc1. The van der Waals surface area contributed by atoms with Crippen LogP contribution in [0.1, 0.15) is 43.5 Å². The van der Waals surface area contributed by atoms with E-state index in [0.29, 0.717) is 12.0 Å². The van der Waals surface area contributed by atoms with Crippen LogP contribution < -0.4 is 5.32 Å². The van der Waals surface area contributed by atoms with Gasteiger partial charge in [0.15, 0.2) is 0 Å². The first-order valence-electron chi connectivity index (χ1n) is 7.14. The lowest BCUT2D eigenvalue weighted by Gasteiger charge is -2.23. The Bertz CT molecular complexity index is 468. The lowest BCUT2D eigenvalue weighted by Crippen LogP contribution is -2.25. The zero-order valence-corrected chi connectivity index (χ0v) is 12.1. The minimum Gasteiger partial charge on any atom is -0.367 e. The number of hydrogen-bond donors (Lipinski definition) is 2. The minimum atomic E-state index is 0.404. The zero-order chi connectivity index (χ0) is 13.7. The summed E-state index contributed by atoms with van der Waals surface area (Å²) >= 11 is 0. The van der Waals surface area contributed by atoms with Crippen molar-refractivity contribution in [1.82, 2.24) is 10.3 Å². The van der Waals surface area contributed by atoms with E-state index in [4.69, 9.17) is 0 Å². The highest BCUT2D eigenvalue weighted by atomic mass is 14.9. The van der Waals surface area contributed by atoms with E-state index in [9.17, 15) is 0 Å². The smallest absolute Gasteiger partial charge is 0.0346 e. The minimum absolute atomic E-state index is 0.404. The molecule has 1 atom stereocenters. The lowest BCUT2D eigenvalue weighted by atomic mass is 9.94. The number of H-pyrrole nitrogens is 1. The molecule has 1 unspecified atom stereocenters. The molecule has 2 aromatic rings. The Morgan fingerprint density at radius 2 is 1.79 bits per heavy atom. The first kappa shape index (κ1) is 13.9. The molecule has 0 fully saturated rings. The van der Waals surface area contributed by atoms with E-state index < -0.39 is 0 Å². The summed E-state index contributed by atoms with van der Waals surface area (Å²) in [6.45, 7) is 7.63. The van der Waals surface area contributed by atoms with Crippen molar-refractivity contribution in [3.8, 4) is 0 Å². The third-order valence-electron chi connectivity index (χ3n) is 3.60. The van der Waals surface area contributed by atoms with Crippen LogP contribution in [0.4, 0.5) is 0 Å². The Kier molecular flexibility index (Phi) is 4.80. The van der Waals surface area contributed by atoms with Gasteiger partial charge in [0.05, 0.1) is 0 Å². The van der Waals surface area contributed by atoms with E-state index in [2.05, 4.69) is 61.4 Å². The quantitative estimate of drug-likeness (QED) is 0.801. The maximum atomic E-state index is 3.66. The molecule has 0 amide bonds. The van der Waals surface area contributed by atoms with Crippen LogP contribution in [0.25, 0.3) is 0 Å². The molecule has 0 aliphatic rings. The van der Waals surface area contributed by atoms with Gasteiger partial charge in [0, 0.05) is 25.0 Å². The van der Waals surface area contributed by atoms with E-state index in [1.54, 1.807) is 0 Å². The van der Waals surface area contributed by atoms with Crippen molar-refractivity contribution >= 4 is 0 Å². The van der Waals surface area contributed by atoms with E-state index in [0.717, 1.165) is 13.0 Å². The van der Waals surface area contributed by atoms with Gasteiger partial charge in [-0.3, -0.25) is 0 Å². The predicted molar refractivity (Wildman–Crippen MR) is 81.0 cm³/mol. The van der Waals surface area contributed by atoms with Crippen molar-refractivity contribution in [2.75, 3.05) is 0 Å². The van der Waals surface area contributed by atoms with Gasteiger partial charge >= 0.3 is 0 Å². The largest absolute Gasteiger partial charge is 0.367 e. The lowest BCUT2D eigenvalue weighted by molar-refractivity contribution is 0.410. The van der Waals surface area contributed by atoms with Crippen LogP contribution in [0, 0.1) is 5.92 Å². The van der Waals surface area contributed by atoms with Crippen molar-refractivity contribution in [2.45, 2.75) is 39.8 Å². The van der Waals surface area contributed by atoms with Gasteiger partial charge < -0.3 is 10.3 Å². The highest BCUT2D eigenvalue weighted by Crippen LogP contribution is 2.22. The van der Waals surface area contributed by atoms with Crippen LogP contribution >= 0.6 is 0 Å². The summed E-state index contributed by atoms with van der Waals surface area (Å²) in [5, 5.41) is 3.66. The number of nitrogens with one attached hydrogen (secondary N) is 2. The summed E-state index contributed by atoms with van der Waals surface area (Å²) in [6, 6.07) is 11.5. The number of rotatable bonds is 6. The van der Waals surface area contributed by atoms with Crippen molar-refractivity contribution in [1.29, 1.82) is 0 Å². The highest BCUT2D eigenvalue weighted by molar-refractivity contribution is 5.25. The standard InChI is InChI=1S/C17H24N2/c1-4-14-5-7-16(8-6-14)17(13(2)3)19-12-15-9-10-18-11-15/h5-11,13,17-19H,4,12H2,1-3H3. The molecule has 2 rings (SSSR count). The third kappa shape index (κ3) is 3.71. The molecule has 102 valence electrons. The molecule has 19 heavy (non-hydrogen) atoms. The number of aryl methyl sites for hydroxylation is 1. The normalized spacial score (nSPS) is 12.8. The molecule has 2 N–H and O–H groups in total. The maximum absolute atomic E-state index is 3.66. The second-order valence-corrected chi connectivity index (χ2v) is 5.42. The second kappa shape index (κ2) is 6.58. The molecule has 1 aromatic carbocycles. The van der Waals surface area contributed by atoms with Gasteiger partial charge in [0.1, 0.15) is 0 Å². The number of hydrogen-bond acceptors (Lipinski definition) is 1. The van der Waals surface area contributed by atoms with Gasteiger partial charge in [-0.15, -0.1) is 0 Å². The fourth-order valence-electron chi connectivity index (χ4n) is 2.40. The summed E-state index contributed by atoms with van der Waals surface area (Å²) in [5.74, 6) is 0.575. The van der Waals surface area contributed by atoms with Crippen LogP contribution in [-0.4, -0.2) is 4.98 Å². The number of aromatic nitrogens is 1. The van der Waals surface area contributed by atoms with Gasteiger partial charge in [-0.1, -0.05) is 45.0 Å². The van der Waals surface area contributed by atoms with Crippen molar-refractivity contribution in [3.63, 3.8) is 0 Å². The van der Waals surface area contributed by atoms with Crippen LogP contribution in [0.3, 0.4) is 0 Å². The average Bonchev–Trinajstić information content (AvgIpc) is 2.92. The van der Waals surface area contributed by atoms with Gasteiger partial charge in [-0.25, -0.2) is 0 Å². The average molecular weight is 256 g/mol. The van der Waals surface area contributed by atoms with E-state index >= 15 is 0 Å². The van der Waals surface area contributed by atoms with Crippen molar-refractivity contribution in [2.24, 2.45) is 5.92 Å². The molecule has 0 bridgehead atoms. The maximum Gasteiger partial charge on any atom is 0.0346 e. The molecule has 2 nitrogen and oxygen atoms in total. The Morgan fingerprint density at radius 3 is 2.32 bits per heavy atom. The molecular formula is C17H24N2. The predicted octanol–water partition coefficient (Wildman–Crippen LogP) is 4.06. The van der Waals surface area contributed by atoms with Crippen molar-refractivity contribution < 1.29 is 0 Å². The zero-order valence-electron chi connectivity index (χ0n) is 12.1. The Labute approximate surface area is 116 Å². The molecule has 0 saturated carbocycles. The van der Waals surface area contributed by atoms with Gasteiger partial charge in [-0.2, -0.15) is 0 Å². The highest BCUT2D eigenvalue weighted by Gasteiger charge is 2.15. The van der Waals surface area contributed by atoms with Gasteiger partial charge in [-0.05, 0) is 35.1 Å². The van der Waals surface area contributed by atoms with Crippen LogP contribution in [0.2, 0.25) is 0 Å². The molecule has 1 aromatic heterocycles. The van der Waals surface area contributed by atoms with Gasteiger partial charge in [0.25, 0.3) is 0 Å². The first-order valence-corrected chi connectivity index (χ1v) is 7.14. The van der Waals surface area contributed by atoms with E-state index in [1.807, 2.05) is 12.4 Å². The summed E-state index contributed by atoms with van der Waals surface area (Å²) in [5.41, 5.74) is 4.08. The van der Waals surface area contributed by atoms with Crippen molar-refractivity contribution in [3.05, 3.63) is 59.4 Å². The Morgan fingerprint density at radius 1 is 1.05 bits per heavy atom. The van der Waals surface area contributed by atoms with Crippen LogP contribution in [0.5, 0.6) is 0 Å². The monoisotopic (exact) mass is 256 g/mol. The molecule has 2 heteroatoms. The molecule has 0 radical (unpaired) electrons. The fourth-order valence-corrected chi connectivity index (χ4v) is 2.40. The Hall–Kier alpha value is -1.54.